The first-order valence-electron chi connectivity index (χ1n) is 7.62. The molecule has 1 aromatic rings. The summed E-state index contributed by atoms with van der Waals surface area (Å²) < 4.78 is 0. The van der Waals surface area contributed by atoms with E-state index in [2.05, 4.69) is 47.5 Å². The van der Waals surface area contributed by atoms with Gasteiger partial charge in [0.2, 0.25) is 5.91 Å². The summed E-state index contributed by atoms with van der Waals surface area (Å²) in [6.07, 6.45) is 2.37. The van der Waals surface area contributed by atoms with E-state index in [1.807, 2.05) is 0 Å². The summed E-state index contributed by atoms with van der Waals surface area (Å²) in [4.78, 5) is 14.0. The van der Waals surface area contributed by atoms with Crippen molar-refractivity contribution in [3.63, 3.8) is 0 Å². The molecule has 2 aliphatic rings. The SMILES string of the molecule is CC(=O)N[C@]1(C)CC[C@@H]2CN(Cc3ccccc3)C[C@@H]21. The van der Waals surface area contributed by atoms with E-state index < -0.39 is 0 Å². The molecule has 1 aliphatic heterocycles. The fourth-order valence-electron chi connectivity index (χ4n) is 4.17. The third-order valence-electron chi connectivity index (χ3n) is 5.08. The number of amides is 1. The molecule has 1 saturated carbocycles. The molecule has 0 unspecified atom stereocenters. The molecule has 1 aliphatic carbocycles. The largest absolute Gasteiger partial charge is 0.351 e. The van der Waals surface area contributed by atoms with Crippen molar-refractivity contribution in [2.75, 3.05) is 13.1 Å². The molecule has 3 heteroatoms. The summed E-state index contributed by atoms with van der Waals surface area (Å²) in [5, 5.41) is 3.21. The van der Waals surface area contributed by atoms with Crippen molar-refractivity contribution in [1.82, 2.24) is 10.2 Å². The molecule has 20 heavy (non-hydrogen) atoms. The van der Waals surface area contributed by atoms with Gasteiger partial charge >= 0.3 is 0 Å². The van der Waals surface area contributed by atoms with Crippen LogP contribution in [-0.2, 0) is 11.3 Å². The Balaban J connectivity index is 1.66. The normalized spacial score (nSPS) is 33.1. The van der Waals surface area contributed by atoms with Crippen molar-refractivity contribution in [2.24, 2.45) is 11.8 Å². The molecule has 1 heterocycles. The molecule has 1 saturated heterocycles. The molecule has 1 N–H and O–H groups in total. The van der Waals surface area contributed by atoms with Gasteiger partial charge in [-0.1, -0.05) is 30.3 Å². The highest BCUT2D eigenvalue weighted by molar-refractivity contribution is 5.73. The predicted molar refractivity (Wildman–Crippen MR) is 80.2 cm³/mol. The number of fused-ring (bicyclic) bond motifs is 1. The van der Waals surface area contributed by atoms with Crippen LogP contribution in [0.3, 0.4) is 0 Å². The summed E-state index contributed by atoms with van der Waals surface area (Å²) in [6, 6.07) is 10.7. The van der Waals surface area contributed by atoms with Crippen LogP contribution >= 0.6 is 0 Å². The van der Waals surface area contributed by atoms with E-state index in [0.717, 1.165) is 25.4 Å². The van der Waals surface area contributed by atoms with Gasteiger partial charge in [0.15, 0.2) is 0 Å². The number of nitrogens with one attached hydrogen (secondary N) is 1. The minimum Gasteiger partial charge on any atom is -0.351 e. The van der Waals surface area contributed by atoms with Crippen molar-refractivity contribution in [3.8, 4) is 0 Å². The van der Waals surface area contributed by atoms with Gasteiger partial charge in [-0.15, -0.1) is 0 Å². The summed E-state index contributed by atoms with van der Waals surface area (Å²) in [7, 11) is 0. The Kier molecular flexibility index (Phi) is 3.55. The highest BCUT2D eigenvalue weighted by atomic mass is 16.1. The molecule has 3 rings (SSSR count). The van der Waals surface area contributed by atoms with Crippen molar-refractivity contribution in [1.29, 1.82) is 0 Å². The molecule has 1 aromatic carbocycles. The first-order valence-corrected chi connectivity index (χ1v) is 7.62. The van der Waals surface area contributed by atoms with Crippen molar-refractivity contribution in [3.05, 3.63) is 35.9 Å². The van der Waals surface area contributed by atoms with Crippen LogP contribution in [0, 0.1) is 11.8 Å². The molecular weight excluding hydrogens is 248 g/mol. The first kappa shape index (κ1) is 13.6. The Morgan fingerprint density at radius 2 is 2.10 bits per heavy atom. The average Bonchev–Trinajstić information content (AvgIpc) is 2.91. The molecule has 1 amide bonds. The van der Waals surface area contributed by atoms with E-state index in [4.69, 9.17) is 0 Å². The second-order valence-electron chi connectivity index (χ2n) is 6.68. The van der Waals surface area contributed by atoms with Crippen molar-refractivity contribution >= 4 is 5.91 Å². The van der Waals surface area contributed by atoms with Gasteiger partial charge in [0.05, 0.1) is 0 Å². The summed E-state index contributed by atoms with van der Waals surface area (Å²) in [5.41, 5.74) is 1.38. The van der Waals surface area contributed by atoms with Gasteiger partial charge in [0, 0.05) is 32.1 Å². The molecule has 0 bridgehead atoms. The Hall–Kier alpha value is -1.35. The third kappa shape index (κ3) is 2.59. The zero-order chi connectivity index (χ0) is 14.2. The third-order valence-corrected chi connectivity index (χ3v) is 5.08. The zero-order valence-electron chi connectivity index (χ0n) is 12.4. The molecule has 3 nitrogen and oxygen atoms in total. The number of rotatable bonds is 3. The van der Waals surface area contributed by atoms with Gasteiger partial charge in [-0.05, 0) is 37.2 Å². The lowest BCUT2D eigenvalue weighted by molar-refractivity contribution is -0.121. The van der Waals surface area contributed by atoms with Crippen molar-refractivity contribution in [2.45, 2.75) is 38.8 Å². The van der Waals surface area contributed by atoms with Gasteiger partial charge in [-0.2, -0.15) is 0 Å². The topological polar surface area (TPSA) is 32.3 Å². The lowest BCUT2D eigenvalue weighted by Crippen LogP contribution is -2.49. The van der Waals surface area contributed by atoms with Crippen LogP contribution < -0.4 is 5.32 Å². The number of carbonyl (C=O) groups is 1. The fourth-order valence-corrected chi connectivity index (χ4v) is 4.17. The Morgan fingerprint density at radius 3 is 2.80 bits per heavy atom. The maximum atomic E-state index is 11.4. The van der Waals surface area contributed by atoms with Gasteiger partial charge in [-0.3, -0.25) is 9.69 Å². The van der Waals surface area contributed by atoms with Gasteiger partial charge < -0.3 is 5.32 Å². The first-order chi connectivity index (χ1) is 9.57. The van der Waals surface area contributed by atoms with Crippen LogP contribution in [0.15, 0.2) is 30.3 Å². The number of carbonyl (C=O) groups excluding carboxylic acids is 1. The van der Waals surface area contributed by atoms with Crippen LogP contribution in [0.5, 0.6) is 0 Å². The van der Waals surface area contributed by atoms with Crippen LogP contribution in [-0.4, -0.2) is 29.4 Å². The number of nitrogens with zero attached hydrogens (tertiary/aromatic N) is 1. The standard InChI is InChI=1S/C17H24N2O/c1-13(20)18-17(2)9-8-15-11-19(12-16(15)17)10-14-6-4-3-5-7-14/h3-7,15-16H,8-12H2,1-2H3,(H,18,20)/t15-,16+,17-/m1/s1. The molecule has 2 fully saturated rings. The van der Waals surface area contributed by atoms with Crippen LogP contribution in [0.4, 0.5) is 0 Å². The number of hydrogen-bond acceptors (Lipinski definition) is 2. The highest BCUT2D eigenvalue weighted by Gasteiger charge is 2.49. The van der Waals surface area contributed by atoms with E-state index >= 15 is 0 Å². The smallest absolute Gasteiger partial charge is 0.217 e. The number of hydrogen-bond donors (Lipinski definition) is 1. The van der Waals surface area contributed by atoms with E-state index in [-0.39, 0.29) is 11.4 Å². The zero-order valence-corrected chi connectivity index (χ0v) is 12.4. The van der Waals surface area contributed by atoms with Crippen LogP contribution in [0.2, 0.25) is 0 Å². The maximum Gasteiger partial charge on any atom is 0.217 e. The van der Waals surface area contributed by atoms with E-state index in [0.29, 0.717) is 5.92 Å². The van der Waals surface area contributed by atoms with Crippen LogP contribution in [0.1, 0.15) is 32.3 Å². The summed E-state index contributed by atoms with van der Waals surface area (Å²) in [5.74, 6) is 1.46. The monoisotopic (exact) mass is 272 g/mol. The van der Waals surface area contributed by atoms with E-state index in [1.165, 1.54) is 18.5 Å². The second kappa shape index (κ2) is 5.21. The summed E-state index contributed by atoms with van der Waals surface area (Å²) in [6.45, 7) is 7.18. The number of likely N-dealkylation sites (tertiary alicyclic amines) is 1. The minimum atomic E-state index is 0.00192. The maximum absolute atomic E-state index is 11.4. The summed E-state index contributed by atoms with van der Waals surface area (Å²) >= 11 is 0. The Labute approximate surface area is 121 Å². The molecule has 0 aromatic heterocycles. The van der Waals surface area contributed by atoms with Gasteiger partial charge in [0.1, 0.15) is 0 Å². The molecule has 0 spiro atoms. The van der Waals surface area contributed by atoms with Crippen LogP contribution in [0.25, 0.3) is 0 Å². The molecular formula is C17H24N2O. The van der Waals surface area contributed by atoms with E-state index in [1.54, 1.807) is 6.92 Å². The minimum absolute atomic E-state index is 0.00192. The average molecular weight is 272 g/mol. The molecule has 108 valence electrons. The van der Waals surface area contributed by atoms with Crippen molar-refractivity contribution < 1.29 is 4.79 Å². The van der Waals surface area contributed by atoms with Gasteiger partial charge in [-0.25, -0.2) is 0 Å². The highest BCUT2D eigenvalue weighted by Crippen LogP contribution is 2.45. The quantitative estimate of drug-likeness (QED) is 0.916. The Bertz CT molecular complexity index is 487. The lowest BCUT2D eigenvalue weighted by atomic mass is 9.86. The van der Waals surface area contributed by atoms with E-state index in [9.17, 15) is 4.79 Å². The van der Waals surface area contributed by atoms with Gasteiger partial charge in [0.25, 0.3) is 0 Å². The fraction of sp³-hybridized carbons (Fsp3) is 0.588. The number of benzene rings is 1. The lowest BCUT2D eigenvalue weighted by Gasteiger charge is -2.32. The molecule has 0 radical (unpaired) electrons. The molecule has 3 atom stereocenters. The predicted octanol–water partition coefficient (Wildman–Crippen LogP) is 2.42. The Morgan fingerprint density at radius 1 is 1.35 bits per heavy atom. The second-order valence-corrected chi connectivity index (χ2v) is 6.68.